The van der Waals surface area contributed by atoms with Gasteiger partial charge in [-0.1, -0.05) is 65.0 Å². The van der Waals surface area contributed by atoms with Crippen LogP contribution in [0.3, 0.4) is 0 Å². The molecule has 0 radical (unpaired) electrons. The molecule has 1 aliphatic heterocycles. The number of carbonyl (C=O) groups is 2. The van der Waals surface area contributed by atoms with Gasteiger partial charge >= 0.3 is 6.09 Å². The van der Waals surface area contributed by atoms with Gasteiger partial charge in [-0.2, -0.15) is 5.26 Å². The third-order valence-electron chi connectivity index (χ3n) is 10.6. The van der Waals surface area contributed by atoms with Crippen LogP contribution in [0.5, 0.6) is 0 Å². The highest BCUT2D eigenvalue weighted by atomic mass is 16.5. The fourth-order valence-electron chi connectivity index (χ4n) is 7.89. The van der Waals surface area contributed by atoms with Crippen molar-refractivity contribution < 1.29 is 19.1 Å². The van der Waals surface area contributed by atoms with Crippen molar-refractivity contribution in [3.05, 3.63) is 35.9 Å². The Morgan fingerprint density at radius 2 is 1.89 bits per heavy atom. The maximum atomic E-state index is 14.3. The number of aliphatic imine (C=N–C) groups is 1. The number of fused-ring (bicyclic) bond motifs is 2. The molecule has 2 amide bonds. The summed E-state index contributed by atoms with van der Waals surface area (Å²) in [5, 5.41) is 16.5. The first kappa shape index (κ1) is 32.3. The SMILES string of the molecule is CC(C)(C)COC(=O)NC(=NC(CC1CCC2CC1C2(C)C)C(=O)NC1(C#N)CCC(c2ccccc2)C1)N1CCOCC1. The summed E-state index contributed by atoms with van der Waals surface area (Å²) in [6, 6.07) is 12.0. The van der Waals surface area contributed by atoms with Gasteiger partial charge in [-0.05, 0) is 85.0 Å². The summed E-state index contributed by atoms with van der Waals surface area (Å²) < 4.78 is 11.1. The molecule has 5 aliphatic rings. The van der Waals surface area contributed by atoms with E-state index in [1.165, 1.54) is 18.4 Å². The molecule has 4 saturated carbocycles. The number of hydrogen-bond donors (Lipinski definition) is 2. The van der Waals surface area contributed by atoms with Crippen LogP contribution in [0.15, 0.2) is 35.3 Å². The lowest BCUT2D eigenvalue weighted by Crippen LogP contribution is -2.55. The van der Waals surface area contributed by atoms with E-state index in [2.05, 4.69) is 42.7 Å². The second kappa shape index (κ2) is 13.1. The number of morpholine rings is 1. The predicted molar refractivity (Wildman–Crippen MR) is 170 cm³/mol. The predicted octanol–water partition coefficient (Wildman–Crippen LogP) is 5.62. The van der Waals surface area contributed by atoms with Gasteiger partial charge < -0.3 is 19.7 Å². The molecule has 1 aromatic rings. The minimum Gasteiger partial charge on any atom is -0.449 e. The third kappa shape index (κ3) is 7.39. The van der Waals surface area contributed by atoms with Crippen LogP contribution in [0, 0.1) is 39.9 Å². The maximum Gasteiger partial charge on any atom is 0.413 e. The topological polar surface area (TPSA) is 116 Å². The summed E-state index contributed by atoms with van der Waals surface area (Å²) in [5.74, 6) is 1.96. The van der Waals surface area contributed by atoms with Crippen LogP contribution in [0.25, 0.3) is 0 Å². The first-order valence-corrected chi connectivity index (χ1v) is 16.5. The Kier molecular flexibility index (Phi) is 9.60. The van der Waals surface area contributed by atoms with Gasteiger partial charge in [-0.15, -0.1) is 0 Å². The lowest BCUT2D eigenvalue weighted by atomic mass is 9.45. The number of ether oxygens (including phenoxy) is 2. The monoisotopic (exact) mass is 605 g/mol. The Balaban J connectivity index is 1.40. The zero-order valence-electron chi connectivity index (χ0n) is 27.2. The van der Waals surface area contributed by atoms with E-state index >= 15 is 0 Å². The van der Waals surface area contributed by atoms with E-state index in [1.807, 2.05) is 43.9 Å². The molecule has 6 atom stereocenters. The van der Waals surface area contributed by atoms with Crippen molar-refractivity contribution in [3.8, 4) is 6.07 Å². The average Bonchev–Trinajstić information content (AvgIpc) is 3.44. The number of nitrogens with one attached hydrogen (secondary N) is 2. The number of carbonyl (C=O) groups excluding carboxylic acids is 2. The van der Waals surface area contributed by atoms with Crippen molar-refractivity contribution in [3.63, 3.8) is 0 Å². The molecule has 0 spiro atoms. The summed E-state index contributed by atoms with van der Waals surface area (Å²) in [5.41, 5.74) is 0.328. The molecule has 6 rings (SSSR count). The Hall–Kier alpha value is -3.12. The van der Waals surface area contributed by atoms with Gasteiger partial charge in [0.2, 0.25) is 11.9 Å². The summed E-state index contributed by atoms with van der Waals surface area (Å²) >= 11 is 0. The molecule has 6 unspecified atom stereocenters. The number of benzene rings is 1. The number of nitrogens with zero attached hydrogens (tertiary/aromatic N) is 3. The Morgan fingerprint density at radius 1 is 1.16 bits per heavy atom. The summed E-state index contributed by atoms with van der Waals surface area (Å²) in [7, 11) is 0. The number of guanidine groups is 1. The van der Waals surface area contributed by atoms with Crippen LogP contribution in [0.2, 0.25) is 0 Å². The largest absolute Gasteiger partial charge is 0.449 e. The number of amides is 2. The van der Waals surface area contributed by atoms with Crippen LogP contribution < -0.4 is 10.6 Å². The number of rotatable bonds is 7. The van der Waals surface area contributed by atoms with Crippen molar-refractivity contribution >= 4 is 18.0 Å². The zero-order valence-corrected chi connectivity index (χ0v) is 27.2. The van der Waals surface area contributed by atoms with E-state index in [-0.39, 0.29) is 29.3 Å². The fraction of sp³-hybridized carbons (Fsp3) is 0.714. The number of nitriles is 1. The van der Waals surface area contributed by atoms with E-state index in [0.29, 0.717) is 63.4 Å². The van der Waals surface area contributed by atoms with Crippen LogP contribution in [-0.4, -0.2) is 67.4 Å². The van der Waals surface area contributed by atoms with E-state index in [1.54, 1.807) is 0 Å². The van der Waals surface area contributed by atoms with Crippen molar-refractivity contribution in [1.82, 2.24) is 15.5 Å². The molecule has 4 aliphatic carbocycles. The van der Waals surface area contributed by atoms with Crippen LogP contribution in [-0.2, 0) is 14.3 Å². The molecular weight excluding hydrogens is 554 g/mol. The molecule has 240 valence electrons. The third-order valence-corrected chi connectivity index (χ3v) is 10.6. The highest BCUT2D eigenvalue weighted by molar-refractivity contribution is 5.96. The number of alkyl carbamates (subject to hydrolysis) is 1. The van der Waals surface area contributed by atoms with Gasteiger partial charge in [-0.3, -0.25) is 10.1 Å². The van der Waals surface area contributed by atoms with Crippen LogP contribution >= 0.6 is 0 Å². The standard InChI is InChI=1S/C35H51N5O4/c1-33(2,3)23-44-32(42)38-31(40-15-17-43-18-16-40)37-29(19-25-11-12-27-20-28(25)34(27,4)5)30(41)39-35(22-36)14-13-26(21-35)24-9-7-6-8-10-24/h6-10,25-29H,11-21,23H2,1-5H3,(H,39,41)(H,37,38,42). The average molecular weight is 606 g/mol. The van der Waals surface area contributed by atoms with Crippen molar-refractivity contribution in [2.45, 2.75) is 97.1 Å². The van der Waals surface area contributed by atoms with Crippen LogP contribution in [0.4, 0.5) is 4.79 Å². The Labute approximate surface area is 263 Å². The van der Waals surface area contributed by atoms with E-state index < -0.39 is 17.7 Å². The minimum absolute atomic E-state index is 0.186. The molecule has 1 saturated heterocycles. The molecule has 44 heavy (non-hydrogen) atoms. The quantitative estimate of drug-likeness (QED) is 0.308. The van der Waals surface area contributed by atoms with Crippen LogP contribution in [0.1, 0.15) is 91.0 Å². The molecule has 2 bridgehead atoms. The Morgan fingerprint density at radius 3 is 2.52 bits per heavy atom. The zero-order chi connectivity index (χ0) is 31.5. The second-order valence-corrected chi connectivity index (χ2v) is 15.3. The van der Waals surface area contributed by atoms with E-state index in [9.17, 15) is 14.9 Å². The highest BCUT2D eigenvalue weighted by Gasteiger charge is 2.54. The molecule has 1 aromatic carbocycles. The molecular formula is C35H51N5O4. The lowest BCUT2D eigenvalue weighted by Gasteiger charge is -2.60. The molecule has 5 fully saturated rings. The van der Waals surface area contributed by atoms with E-state index in [4.69, 9.17) is 14.5 Å². The van der Waals surface area contributed by atoms with Crippen molar-refractivity contribution in [1.29, 1.82) is 5.26 Å². The number of hydrogen-bond acceptors (Lipinski definition) is 6. The molecule has 0 aromatic heterocycles. The van der Waals surface area contributed by atoms with E-state index in [0.717, 1.165) is 18.8 Å². The van der Waals surface area contributed by atoms with Gasteiger partial charge in [0.25, 0.3) is 0 Å². The smallest absolute Gasteiger partial charge is 0.413 e. The fourth-order valence-corrected chi connectivity index (χ4v) is 7.89. The summed E-state index contributed by atoms with van der Waals surface area (Å²) in [4.78, 5) is 34.2. The highest BCUT2D eigenvalue weighted by Crippen LogP contribution is 2.62. The van der Waals surface area contributed by atoms with Crippen molar-refractivity contribution in [2.24, 2.45) is 33.6 Å². The van der Waals surface area contributed by atoms with Gasteiger partial charge in [0, 0.05) is 13.1 Å². The second-order valence-electron chi connectivity index (χ2n) is 15.3. The first-order chi connectivity index (χ1) is 20.9. The lowest BCUT2D eigenvalue weighted by molar-refractivity contribution is -0.128. The van der Waals surface area contributed by atoms with Gasteiger partial charge in [-0.25, -0.2) is 9.79 Å². The maximum absolute atomic E-state index is 14.3. The Bertz CT molecular complexity index is 1240. The molecule has 9 heteroatoms. The first-order valence-electron chi connectivity index (χ1n) is 16.5. The minimum atomic E-state index is -0.947. The summed E-state index contributed by atoms with van der Waals surface area (Å²) in [6.45, 7) is 13.1. The van der Waals surface area contributed by atoms with Gasteiger partial charge in [0.15, 0.2) is 0 Å². The molecule has 1 heterocycles. The van der Waals surface area contributed by atoms with Crippen molar-refractivity contribution in [2.75, 3.05) is 32.9 Å². The normalized spacial score (nSPS) is 30.5. The molecule has 9 nitrogen and oxygen atoms in total. The molecule has 2 N–H and O–H groups in total. The van der Waals surface area contributed by atoms with Gasteiger partial charge in [0.1, 0.15) is 11.6 Å². The summed E-state index contributed by atoms with van der Waals surface area (Å²) in [6.07, 6.45) is 5.45. The van der Waals surface area contributed by atoms with Gasteiger partial charge in [0.05, 0.1) is 25.9 Å².